The molecule has 1 spiro atoms. The quantitative estimate of drug-likeness (QED) is 0.772. The Hall–Kier alpha value is -2.12. The molecule has 1 aliphatic heterocycles. The van der Waals surface area contributed by atoms with Crippen molar-refractivity contribution in [1.82, 2.24) is 26.1 Å². The van der Waals surface area contributed by atoms with Gasteiger partial charge in [0.05, 0.1) is 11.6 Å². The Morgan fingerprint density at radius 2 is 2.12 bits per heavy atom. The number of nitrogens with zero attached hydrogens (tertiary/aromatic N) is 2. The molecule has 8 nitrogen and oxygen atoms in total. The third-order valence-electron chi connectivity index (χ3n) is 5.10. The number of urea groups is 1. The Labute approximate surface area is 147 Å². The Morgan fingerprint density at radius 1 is 1.40 bits per heavy atom. The van der Waals surface area contributed by atoms with E-state index in [1.54, 1.807) is 6.92 Å². The summed E-state index contributed by atoms with van der Waals surface area (Å²) in [5, 5.41) is 12.9. The summed E-state index contributed by atoms with van der Waals surface area (Å²) in [4.78, 5) is 28.4. The van der Waals surface area contributed by atoms with E-state index in [-0.39, 0.29) is 35.0 Å². The Bertz CT molecular complexity index is 659. The second-order valence-electron chi connectivity index (χ2n) is 8.19. The molecule has 1 saturated carbocycles. The average Bonchev–Trinajstić information content (AvgIpc) is 2.97. The van der Waals surface area contributed by atoms with Gasteiger partial charge in [-0.2, -0.15) is 4.98 Å². The summed E-state index contributed by atoms with van der Waals surface area (Å²) in [5.74, 6) is 1.07. The minimum Gasteiger partial charge on any atom is -0.349 e. The molecule has 0 radical (unpaired) electrons. The lowest BCUT2D eigenvalue weighted by Crippen LogP contribution is -2.69. The van der Waals surface area contributed by atoms with Gasteiger partial charge < -0.3 is 20.5 Å². The maximum absolute atomic E-state index is 12.4. The molecule has 3 amide bonds. The van der Waals surface area contributed by atoms with Crippen LogP contribution in [-0.2, 0) is 10.2 Å². The van der Waals surface area contributed by atoms with Gasteiger partial charge in [0.1, 0.15) is 6.04 Å². The fourth-order valence-corrected chi connectivity index (χ4v) is 3.39. The highest BCUT2D eigenvalue weighted by molar-refractivity contribution is 5.80. The number of carbonyl (C=O) groups is 2. The Kier molecular flexibility index (Phi) is 4.47. The molecule has 2 heterocycles. The number of piperidine rings is 1. The molecule has 1 aliphatic carbocycles. The summed E-state index contributed by atoms with van der Waals surface area (Å²) in [5.41, 5.74) is -0.472. The number of nitrogens with one attached hydrogen (secondary N) is 3. The van der Waals surface area contributed by atoms with Crippen LogP contribution in [0.3, 0.4) is 0 Å². The Morgan fingerprint density at radius 3 is 2.68 bits per heavy atom. The number of hydrogen-bond acceptors (Lipinski definition) is 5. The van der Waals surface area contributed by atoms with Crippen molar-refractivity contribution in [3.63, 3.8) is 0 Å². The van der Waals surface area contributed by atoms with Crippen LogP contribution in [0.2, 0.25) is 0 Å². The van der Waals surface area contributed by atoms with E-state index in [0.29, 0.717) is 24.6 Å². The number of amides is 3. The maximum atomic E-state index is 12.4. The van der Waals surface area contributed by atoms with E-state index in [4.69, 9.17) is 4.52 Å². The van der Waals surface area contributed by atoms with Crippen LogP contribution in [0.15, 0.2) is 4.52 Å². The van der Waals surface area contributed by atoms with E-state index in [1.165, 1.54) is 0 Å². The molecule has 1 aromatic heterocycles. The summed E-state index contributed by atoms with van der Waals surface area (Å²) < 4.78 is 5.27. The van der Waals surface area contributed by atoms with E-state index in [9.17, 15) is 9.59 Å². The normalized spacial score (nSPS) is 23.5. The molecule has 1 saturated heterocycles. The van der Waals surface area contributed by atoms with Crippen LogP contribution in [0.1, 0.15) is 77.6 Å². The molecule has 2 aliphatic rings. The van der Waals surface area contributed by atoms with Crippen LogP contribution in [0.5, 0.6) is 0 Å². The van der Waals surface area contributed by atoms with Crippen LogP contribution in [0.25, 0.3) is 0 Å². The number of carbonyl (C=O) groups excluding carboxylic acids is 2. The van der Waals surface area contributed by atoms with Crippen molar-refractivity contribution < 1.29 is 14.1 Å². The van der Waals surface area contributed by atoms with Crippen molar-refractivity contribution >= 4 is 11.9 Å². The number of rotatable bonds is 3. The molecule has 2 fully saturated rings. The lowest BCUT2D eigenvalue weighted by atomic mass is 9.68. The molecule has 2 atom stereocenters. The topological polar surface area (TPSA) is 109 Å². The van der Waals surface area contributed by atoms with Gasteiger partial charge >= 0.3 is 6.03 Å². The van der Waals surface area contributed by atoms with Crippen LogP contribution < -0.4 is 16.0 Å². The molecular formula is C17H27N5O3. The van der Waals surface area contributed by atoms with Crippen molar-refractivity contribution in [2.45, 2.75) is 82.8 Å². The number of hydrogen-bond donors (Lipinski definition) is 3. The molecule has 138 valence electrons. The van der Waals surface area contributed by atoms with E-state index in [2.05, 4.69) is 26.1 Å². The van der Waals surface area contributed by atoms with Gasteiger partial charge in [-0.1, -0.05) is 25.9 Å². The van der Waals surface area contributed by atoms with E-state index < -0.39 is 0 Å². The van der Waals surface area contributed by atoms with Gasteiger partial charge in [-0.05, 0) is 32.6 Å². The summed E-state index contributed by atoms with van der Waals surface area (Å²) in [7, 11) is 0. The summed E-state index contributed by atoms with van der Waals surface area (Å²) in [6.07, 6.45) is 4.02. The van der Waals surface area contributed by atoms with Gasteiger partial charge in [0.25, 0.3) is 0 Å². The molecule has 0 bridgehead atoms. The monoisotopic (exact) mass is 349 g/mol. The first-order valence-electron chi connectivity index (χ1n) is 8.92. The van der Waals surface area contributed by atoms with Gasteiger partial charge in [0, 0.05) is 11.8 Å². The number of aromatic nitrogens is 2. The zero-order valence-corrected chi connectivity index (χ0v) is 15.3. The lowest BCUT2D eigenvalue weighted by molar-refractivity contribution is -0.127. The molecule has 3 rings (SSSR count). The standard InChI is InChI=1S/C17H27N5O3/c1-10(13-20-14(22-25-13)16(2,3)4)18-15(24)19-11-6-7-12(23)21-17(11)8-5-9-17/h10-11H,5-9H2,1-4H3,(H,21,23)(H2,18,19,24)/t10-,11+/m1/s1. The predicted molar refractivity (Wildman–Crippen MR) is 90.8 cm³/mol. The van der Waals surface area contributed by atoms with E-state index >= 15 is 0 Å². The van der Waals surface area contributed by atoms with Gasteiger partial charge in [-0.15, -0.1) is 0 Å². The minimum absolute atomic E-state index is 0.0426. The third-order valence-corrected chi connectivity index (χ3v) is 5.10. The summed E-state index contributed by atoms with van der Waals surface area (Å²) in [6, 6.07) is -0.714. The third kappa shape index (κ3) is 3.62. The average molecular weight is 349 g/mol. The SMILES string of the molecule is C[C@@H](NC(=O)N[C@H]1CCC(=O)NC12CCC2)c1nc(C(C)(C)C)no1. The zero-order chi connectivity index (χ0) is 18.2. The molecule has 0 unspecified atom stereocenters. The van der Waals surface area contributed by atoms with Crippen molar-refractivity contribution in [3.05, 3.63) is 11.7 Å². The summed E-state index contributed by atoms with van der Waals surface area (Å²) >= 11 is 0. The minimum atomic E-state index is -0.390. The molecular weight excluding hydrogens is 322 g/mol. The largest absolute Gasteiger partial charge is 0.349 e. The predicted octanol–water partition coefficient (Wildman–Crippen LogP) is 1.93. The van der Waals surface area contributed by atoms with Crippen molar-refractivity contribution in [2.75, 3.05) is 0 Å². The van der Waals surface area contributed by atoms with Crippen LogP contribution in [-0.4, -0.2) is 33.7 Å². The second-order valence-corrected chi connectivity index (χ2v) is 8.19. The lowest BCUT2D eigenvalue weighted by Gasteiger charge is -2.50. The highest BCUT2D eigenvalue weighted by Gasteiger charge is 2.48. The highest BCUT2D eigenvalue weighted by atomic mass is 16.5. The van der Waals surface area contributed by atoms with Gasteiger partial charge in [-0.25, -0.2) is 4.79 Å². The first kappa shape index (κ1) is 17.7. The first-order chi connectivity index (χ1) is 11.7. The van der Waals surface area contributed by atoms with Gasteiger partial charge in [0.15, 0.2) is 5.82 Å². The summed E-state index contributed by atoms with van der Waals surface area (Å²) in [6.45, 7) is 7.81. The molecule has 8 heteroatoms. The second kappa shape index (κ2) is 6.31. The van der Waals surface area contributed by atoms with Crippen LogP contribution in [0, 0.1) is 0 Å². The van der Waals surface area contributed by atoms with E-state index in [1.807, 2.05) is 20.8 Å². The van der Waals surface area contributed by atoms with Crippen molar-refractivity contribution in [1.29, 1.82) is 0 Å². The Balaban J connectivity index is 1.58. The van der Waals surface area contributed by atoms with Crippen LogP contribution >= 0.6 is 0 Å². The molecule has 1 aromatic rings. The maximum Gasteiger partial charge on any atom is 0.315 e. The molecule has 25 heavy (non-hydrogen) atoms. The van der Waals surface area contributed by atoms with Gasteiger partial charge in [-0.3, -0.25) is 4.79 Å². The smallest absolute Gasteiger partial charge is 0.315 e. The van der Waals surface area contributed by atoms with Gasteiger partial charge in [0.2, 0.25) is 11.8 Å². The molecule has 3 N–H and O–H groups in total. The first-order valence-corrected chi connectivity index (χ1v) is 8.92. The highest BCUT2D eigenvalue weighted by Crippen LogP contribution is 2.38. The zero-order valence-electron chi connectivity index (χ0n) is 15.3. The van der Waals surface area contributed by atoms with Crippen LogP contribution in [0.4, 0.5) is 4.79 Å². The fourth-order valence-electron chi connectivity index (χ4n) is 3.39. The molecule has 0 aromatic carbocycles. The van der Waals surface area contributed by atoms with Crippen molar-refractivity contribution in [3.8, 4) is 0 Å². The van der Waals surface area contributed by atoms with Crippen molar-refractivity contribution in [2.24, 2.45) is 0 Å². The van der Waals surface area contributed by atoms with E-state index in [0.717, 1.165) is 19.3 Å². The fraction of sp³-hybridized carbons (Fsp3) is 0.765.